The second-order valence-electron chi connectivity index (χ2n) is 4.70. The molecule has 2 amide bonds. The molecule has 7 heteroatoms. The molecule has 2 N–H and O–H groups in total. The summed E-state index contributed by atoms with van der Waals surface area (Å²) in [5.74, 6) is -0.317. The molecule has 0 aromatic heterocycles. The van der Waals surface area contributed by atoms with Gasteiger partial charge in [0.05, 0.1) is 10.0 Å². The number of benzene rings is 2. The van der Waals surface area contributed by atoms with Crippen molar-refractivity contribution in [2.45, 2.75) is 6.92 Å². The molecule has 0 radical (unpaired) electrons. The molecule has 0 atom stereocenters. The van der Waals surface area contributed by atoms with Gasteiger partial charge in [0.1, 0.15) is 5.75 Å². The number of hydrogen-bond acceptors (Lipinski definition) is 3. The van der Waals surface area contributed by atoms with E-state index in [1.54, 1.807) is 30.3 Å². The van der Waals surface area contributed by atoms with Crippen LogP contribution in [0.25, 0.3) is 0 Å². The van der Waals surface area contributed by atoms with Gasteiger partial charge < -0.3 is 4.74 Å². The van der Waals surface area contributed by atoms with Crippen molar-refractivity contribution >= 4 is 43.7 Å². The molecule has 2 aromatic carbocycles. The lowest BCUT2D eigenvalue weighted by molar-refractivity contribution is -0.123. The minimum absolute atomic E-state index is 0.210. The van der Waals surface area contributed by atoms with E-state index < -0.39 is 11.8 Å². The summed E-state index contributed by atoms with van der Waals surface area (Å²) in [5.41, 5.74) is 6.15. The molecule has 0 bridgehead atoms. The number of aryl methyl sites for hydroxylation is 1. The van der Waals surface area contributed by atoms with Gasteiger partial charge in [-0.05, 0) is 68.6 Å². The van der Waals surface area contributed by atoms with Crippen LogP contribution < -0.4 is 15.6 Å². The van der Waals surface area contributed by atoms with E-state index in [2.05, 4.69) is 42.7 Å². The topological polar surface area (TPSA) is 67.4 Å². The van der Waals surface area contributed by atoms with Crippen LogP contribution in [0.2, 0.25) is 0 Å². The van der Waals surface area contributed by atoms with Crippen LogP contribution in [-0.4, -0.2) is 18.4 Å². The lowest BCUT2D eigenvalue weighted by atomic mass is 10.2. The summed E-state index contributed by atoms with van der Waals surface area (Å²) in [6.45, 7) is 1.75. The highest BCUT2D eigenvalue weighted by molar-refractivity contribution is 9.10. The number of nitrogens with one attached hydrogen (secondary N) is 2. The van der Waals surface area contributed by atoms with E-state index in [1.165, 1.54) is 0 Å². The number of carbonyl (C=O) groups is 2. The maximum absolute atomic E-state index is 11.9. The number of hydrazine groups is 1. The summed E-state index contributed by atoms with van der Waals surface area (Å²) in [4.78, 5) is 23.7. The molecule has 0 aliphatic rings. The van der Waals surface area contributed by atoms with Crippen LogP contribution in [0.1, 0.15) is 15.9 Å². The smallest absolute Gasteiger partial charge is 0.276 e. The van der Waals surface area contributed by atoms with Crippen LogP contribution in [0.5, 0.6) is 5.75 Å². The summed E-state index contributed by atoms with van der Waals surface area (Å²) in [6.07, 6.45) is 0. The molecular formula is C16H14Br2N2O3. The van der Waals surface area contributed by atoms with Gasteiger partial charge in [0, 0.05) is 4.47 Å². The quantitative estimate of drug-likeness (QED) is 0.715. The predicted molar refractivity (Wildman–Crippen MR) is 94.1 cm³/mol. The number of amides is 2. The van der Waals surface area contributed by atoms with Crippen LogP contribution in [-0.2, 0) is 4.79 Å². The van der Waals surface area contributed by atoms with Crippen molar-refractivity contribution in [2.75, 3.05) is 6.61 Å². The Labute approximate surface area is 150 Å². The zero-order valence-electron chi connectivity index (χ0n) is 12.2. The molecule has 2 aromatic rings. The monoisotopic (exact) mass is 440 g/mol. The second kappa shape index (κ2) is 8.12. The second-order valence-corrected chi connectivity index (χ2v) is 6.41. The van der Waals surface area contributed by atoms with Gasteiger partial charge in [0.25, 0.3) is 11.8 Å². The highest BCUT2D eigenvalue weighted by Crippen LogP contribution is 2.25. The molecule has 2 rings (SSSR count). The molecule has 0 aliphatic heterocycles. The fourth-order valence-corrected chi connectivity index (χ4v) is 2.81. The average Bonchev–Trinajstić information content (AvgIpc) is 2.52. The maximum atomic E-state index is 11.9. The Bertz CT molecular complexity index is 735. The predicted octanol–water partition coefficient (Wildman–Crippen LogP) is 3.36. The number of ether oxygens (including phenoxy) is 1. The number of carbonyl (C=O) groups excluding carboxylic acids is 2. The molecule has 0 fully saturated rings. The summed E-state index contributed by atoms with van der Waals surface area (Å²) in [7, 11) is 0. The minimum atomic E-state index is -0.460. The Hall–Kier alpha value is -1.86. The van der Waals surface area contributed by atoms with Crippen LogP contribution >= 0.6 is 31.9 Å². The van der Waals surface area contributed by atoms with Crippen molar-refractivity contribution in [3.63, 3.8) is 0 Å². The van der Waals surface area contributed by atoms with E-state index in [9.17, 15) is 9.59 Å². The van der Waals surface area contributed by atoms with Gasteiger partial charge in [-0.25, -0.2) is 0 Å². The number of halogens is 2. The highest BCUT2D eigenvalue weighted by Gasteiger charge is 2.11. The molecule has 0 spiro atoms. The van der Waals surface area contributed by atoms with Gasteiger partial charge in [0.2, 0.25) is 0 Å². The highest BCUT2D eigenvalue weighted by atomic mass is 79.9. The van der Waals surface area contributed by atoms with Gasteiger partial charge in [-0.1, -0.05) is 18.2 Å². The third kappa shape index (κ3) is 5.07. The normalized spacial score (nSPS) is 10.0. The van der Waals surface area contributed by atoms with E-state index in [0.717, 1.165) is 10.0 Å². The summed E-state index contributed by atoms with van der Waals surface area (Å²) in [6, 6.07) is 12.5. The molecule has 120 valence electrons. The van der Waals surface area contributed by atoms with Crippen LogP contribution in [0, 0.1) is 6.92 Å². The SMILES string of the molecule is Cc1ccc(OCC(=O)NNC(=O)c2ccccc2Br)c(Br)c1. The lowest BCUT2D eigenvalue weighted by Crippen LogP contribution is -2.43. The van der Waals surface area contributed by atoms with Crippen LogP contribution in [0.3, 0.4) is 0 Å². The van der Waals surface area contributed by atoms with Crippen molar-refractivity contribution in [1.29, 1.82) is 0 Å². The first-order chi connectivity index (χ1) is 11.0. The molecule has 0 saturated heterocycles. The maximum Gasteiger partial charge on any atom is 0.276 e. The Morgan fingerprint density at radius 3 is 2.48 bits per heavy atom. The number of rotatable bonds is 4. The van der Waals surface area contributed by atoms with E-state index in [0.29, 0.717) is 15.8 Å². The van der Waals surface area contributed by atoms with Crippen LogP contribution in [0.4, 0.5) is 0 Å². The third-order valence-corrected chi connectivity index (χ3v) is 4.19. The van der Waals surface area contributed by atoms with Crippen molar-refractivity contribution in [3.05, 3.63) is 62.5 Å². The van der Waals surface area contributed by atoms with Gasteiger partial charge in [0.15, 0.2) is 6.61 Å². The largest absolute Gasteiger partial charge is 0.483 e. The fraction of sp³-hybridized carbons (Fsp3) is 0.125. The van der Waals surface area contributed by atoms with Gasteiger partial charge >= 0.3 is 0 Å². The fourth-order valence-electron chi connectivity index (χ4n) is 1.74. The van der Waals surface area contributed by atoms with E-state index >= 15 is 0 Å². The molecule has 5 nitrogen and oxygen atoms in total. The zero-order valence-corrected chi connectivity index (χ0v) is 15.4. The molecule has 0 unspecified atom stereocenters. The summed E-state index contributed by atoms with van der Waals surface area (Å²) < 4.78 is 6.81. The molecular weight excluding hydrogens is 428 g/mol. The first-order valence-corrected chi connectivity index (χ1v) is 8.28. The first-order valence-electron chi connectivity index (χ1n) is 6.70. The van der Waals surface area contributed by atoms with Gasteiger partial charge in [-0.15, -0.1) is 0 Å². The third-order valence-electron chi connectivity index (χ3n) is 2.88. The Kier molecular flexibility index (Phi) is 6.18. The van der Waals surface area contributed by atoms with E-state index in [-0.39, 0.29) is 6.61 Å². The molecule has 0 heterocycles. The Balaban J connectivity index is 1.83. The van der Waals surface area contributed by atoms with E-state index in [1.807, 2.05) is 19.1 Å². The lowest BCUT2D eigenvalue weighted by Gasteiger charge is -2.10. The van der Waals surface area contributed by atoms with Gasteiger partial charge in [-0.3, -0.25) is 20.4 Å². The van der Waals surface area contributed by atoms with Crippen molar-refractivity contribution < 1.29 is 14.3 Å². The molecule has 23 heavy (non-hydrogen) atoms. The first kappa shape index (κ1) is 17.5. The van der Waals surface area contributed by atoms with Crippen molar-refractivity contribution in [3.8, 4) is 5.75 Å². The zero-order chi connectivity index (χ0) is 16.8. The standard InChI is InChI=1S/C16H14Br2N2O3/c1-10-6-7-14(13(18)8-10)23-9-15(21)19-20-16(22)11-4-2-3-5-12(11)17/h2-8H,9H2,1H3,(H,19,21)(H,20,22). The summed E-state index contributed by atoms with van der Waals surface area (Å²) in [5, 5.41) is 0. The summed E-state index contributed by atoms with van der Waals surface area (Å²) >= 11 is 6.64. The van der Waals surface area contributed by atoms with Crippen molar-refractivity contribution in [2.24, 2.45) is 0 Å². The minimum Gasteiger partial charge on any atom is -0.483 e. The molecule has 0 aliphatic carbocycles. The van der Waals surface area contributed by atoms with Crippen LogP contribution in [0.15, 0.2) is 51.4 Å². The molecule has 0 saturated carbocycles. The number of hydrogen-bond donors (Lipinski definition) is 2. The van der Waals surface area contributed by atoms with E-state index in [4.69, 9.17) is 4.74 Å². The Morgan fingerprint density at radius 1 is 1.04 bits per heavy atom. The average molecular weight is 442 g/mol. The van der Waals surface area contributed by atoms with Crippen molar-refractivity contribution in [1.82, 2.24) is 10.9 Å². The van der Waals surface area contributed by atoms with Gasteiger partial charge in [-0.2, -0.15) is 0 Å². The Morgan fingerprint density at radius 2 is 1.78 bits per heavy atom.